The van der Waals surface area contributed by atoms with Crippen LogP contribution < -0.4 is 22.5 Å². The molecule has 474 valence electrons. The van der Waals surface area contributed by atoms with Crippen molar-refractivity contribution in [3.63, 3.8) is 0 Å². The highest BCUT2D eigenvalue weighted by Crippen LogP contribution is 2.49. The van der Waals surface area contributed by atoms with Gasteiger partial charge in [0.2, 0.25) is 0 Å². The molecule has 0 radical (unpaired) electrons. The van der Waals surface area contributed by atoms with E-state index in [1.807, 2.05) is 34.6 Å². The fourth-order valence-electron chi connectivity index (χ4n) is 12.0. The first-order chi connectivity index (χ1) is 43.2. The minimum absolute atomic E-state index is 0.00890. The molecular formula is C63H64Cl2F4N16O6. The van der Waals surface area contributed by atoms with Crippen LogP contribution in [0.3, 0.4) is 0 Å². The van der Waals surface area contributed by atoms with E-state index in [9.17, 15) is 27.2 Å². The van der Waals surface area contributed by atoms with Crippen molar-refractivity contribution in [3.05, 3.63) is 167 Å². The number of rotatable bonds is 22. The van der Waals surface area contributed by atoms with Gasteiger partial charge in [-0.3, -0.25) is 19.4 Å². The van der Waals surface area contributed by atoms with Crippen molar-refractivity contribution < 1.29 is 46.2 Å². The number of carbonyl (C=O) groups is 4. The lowest BCUT2D eigenvalue weighted by molar-refractivity contribution is -0.135. The molecular weight excluding hydrogens is 1220 g/mol. The van der Waals surface area contributed by atoms with Crippen LogP contribution in [0, 0.1) is 10.8 Å². The van der Waals surface area contributed by atoms with Gasteiger partial charge < -0.3 is 42.0 Å². The molecule has 9 N–H and O–H groups in total. The zero-order chi connectivity index (χ0) is 64.9. The van der Waals surface area contributed by atoms with Crippen LogP contribution in [-0.4, -0.2) is 104 Å². The molecule has 0 spiro atoms. The van der Waals surface area contributed by atoms with Crippen LogP contribution in [0.5, 0.6) is 0 Å². The van der Waals surface area contributed by atoms with Gasteiger partial charge in [-0.25, -0.2) is 38.9 Å². The highest BCUT2D eigenvalue weighted by atomic mass is 35.5. The quantitative estimate of drug-likeness (QED) is 0.0345. The van der Waals surface area contributed by atoms with Gasteiger partial charge in [0.05, 0.1) is 54.6 Å². The van der Waals surface area contributed by atoms with Crippen LogP contribution >= 0.6 is 23.2 Å². The number of nitrogens with two attached hydrogens (primary N) is 3. The molecule has 4 aromatic carbocycles. The third kappa shape index (κ3) is 13.1. The van der Waals surface area contributed by atoms with Crippen molar-refractivity contribution in [3.8, 4) is 44.8 Å². The molecule has 91 heavy (non-hydrogen) atoms. The van der Waals surface area contributed by atoms with E-state index in [1.165, 1.54) is 40.9 Å². The van der Waals surface area contributed by atoms with E-state index >= 15 is 9.59 Å². The summed E-state index contributed by atoms with van der Waals surface area (Å²) in [5.41, 5.74) is 20.3. The number of benzene rings is 4. The highest BCUT2D eigenvalue weighted by Gasteiger charge is 2.55. The Morgan fingerprint density at radius 3 is 1.63 bits per heavy atom. The van der Waals surface area contributed by atoms with Gasteiger partial charge in [-0.15, -0.1) is 0 Å². The Morgan fingerprint density at radius 1 is 0.681 bits per heavy atom. The van der Waals surface area contributed by atoms with Crippen LogP contribution in [0.4, 0.5) is 27.2 Å². The molecule has 4 aromatic heterocycles. The van der Waals surface area contributed by atoms with Crippen LogP contribution in [0.2, 0.25) is 10.0 Å². The number of halogens is 6. The molecule has 4 amide bonds. The standard InChI is InChI=1S/C63H64Cl2F4N16O6/c1-60(2,3)31-62(40-12-6-34(7-13-40)38-23-76-82(27-38)54(66)67)52(86)85(56(70)80-62)50(30-91-59(89)78-42-16-17-42)37-11-19-46(65)44(21-37)48-26-74-51(79-48)22-61(4,5)32-63(41-14-8-35(9-15-41)39-24-77-83(28-39)55(68)69)53(87)84(57(71)81-63)49(29-90-58(72)88)36-10-18-45(64)43(20-36)47-25-73-33-75-47/h6-15,18-21,23-28,33,42,49-50,54-55H,16-17,22,29-32H2,1-5H3,(H2,70,80)(H2,71,81)(H2,72,88)(H,73,75)(H,74,79)(H,78,89)/t49-,50-,62-,63-/m1/s1. The van der Waals surface area contributed by atoms with Crippen molar-refractivity contribution in [1.29, 1.82) is 0 Å². The molecule has 1 saturated carbocycles. The number of alkyl carbamates (subject to hydrolysis) is 1. The molecule has 28 heteroatoms. The van der Waals surface area contributed by atoms with Gasteiger partial charge in [0, 0.05) is 57.2 Å². The fourth-order valence-corrected chi connectivity index (χ4v) is 12.4. The molecule has 6 heterocycles. The van der Waals surface area contributed by atoms with Crippen LogP contribution in [0.25, 0.3) is 44.8 Å². The first-order valence-electron chi connectivity index (χ1n) is 28.9. The van der Waals surface area contributed by atoms with Gasteiger partial charge in [0.25, 0.3) is 11.8 Å². The van der Waals surface area contributed by atoms with Crippen LogP contribution in [0.15, 0.2) is 138 Å². The number of nitrogens with one attached hydrogen (secondary N) is 3. The third-order valence-corrected chi connectivity index (χ3v) is 16.8. The Bertz CT molecular complexity index is 4110. The fraction of sp³-hybridized carbons (Fsp3) is 0.333. The van der Waals surface area contributed by atoms with Crippen LogP contribution in [-0.2, 0) is 36.6 Å². The summed E-state index contributed by atoms with van der Waals surface area (Å²) in [4.78, 5) is 84.7. The summed E-state index contributed by atoms with van der Waals surface area (Å²) >= 11 is 13.7. The number of aromatic nitrogens is 8. The maximum absolute atomic E-state index is 15.8. The molecule has 0 bridgehead atoms. The second kappa shape index (κ2) is 24.7. The number of amides is 4. The number of aliphatic imine (C=N–C) groups is 2. The largest absolute Gasteiger partial charge is 0.447 e. The molecule has 0 saturated heterocycles. The number of imidazole rings is 2. The lowest BCUT2D eigenvalue weighted by Gasteiger charge is -2.36. The Morgan fingerprint density at radius 2 is 1.18 bits per heavy atom. The van der Waals surface area contributed by atoms with E-state index < -0.39 is 77.7 Å². The molecule has 4 atom stereocenters. The van der Waals surface area contributed by atoms with E-state index in [0.29, 0.717) is 87.2 Å². The summed E-state index contributed by atoms with van der Waals surface area (Å²) in [6.45, 7) is 3.24. The van der Waals surface area contributed by atoms with Gasteiger partial charge in [0.1, 0.15) is 19.0 Å². The third-order valence-electron chi connectivity index (χ3n) is 16.1. The van der Waals surface area contributed by atoms with Crippen LogP contribution in [0.1, 0.15) is 114 Å². The van der Waals surface area contributed by atoms with Crippen molar-refractivity contribution >= 4 is 59.1 Å². The maximum atomic E-state index is 15.8. The predicted molar refractivity (Wildman–Crippen MR) is 331 cm³/mol. The van der Waals surface area contributed by atoms with Crippen molar-refractivity contribution in [1.82, 2.24) is 54.6 Å². The molecule has 0 unspecified atom stereocenters. The Hall–Kier alpha value is -9.56. The Balaban J connectivity index is 0.913. The minimum atomic E-state index is -2.87. The first-order valence-corrected chi connectivity index (χ1v) is 29.7. The van der Waals surface area contributed by atoms with Gasteiger partial charge >= 0.3 is 25.3 Å². The number of aromatic amines is 2. The maximum Gasteiger partial charge on any atom is 0.407 e. The van der Waals surface area contributed by atoms with E-state index in [-0.39, 0.29) is 48.9 Å². The number of carbonyl (C=O) groups excluding carboxylic acids is 4. The number of hydrogen-bond acceptors (Lipinski definition) is 14. The molecule has 1 fully saturated rings. The number of alkyl halides is 4. The van der Waals surface area contributed by atoms with Gasteiger partial charge in [0.15, 0.2) is 23.0 Å². The van der Waals surface area contributed by atoms with Crippen molar-refractivity contribution in [2.75, 3.05) is 13.2 Å². The summed E-state index contributed by atoms with van der Waals surface area (Å²) in [7, 11) is 0. The second-order valence-corrected chi connectivity index (χ2v) is 25.6. The molecule has 2 aliphatic heterocycles. The van der Waals surface area contributed by atoms with E-state index in [0.717, 1.165) is 12.8 Å². The molecule has 8 aromatic rings. The number of H-pyrrole nitrogens is 2. The molecule has 11 rings (SSSR count). The lowest BCUT2D eigenvalue weighted by Crippen LogP contribution is -2.48. The minimum Gasteiger partial charge on any atom is -0.447 e. The first kappa shape index (κ1) is 63.0. The summed E-state index contributed by atoms with van der Waals surface area (Å²) < 4.78 is 66.6. The smallest absolute Gasteiger partial charge is 0.407 e. The summed E-state index contributed by atoms with van der Waals surface area (Å²) in [5.74, 6) is -0.972. The number of primary amides is 1. The van der Waals surface area contributed by atoms with E-state index in [2.05, 4.69) is 30.5 Å². The topological polar surface area (TPSA) is 301 Å². The number of guanidine groups is 2. The molecule has 3 aliphatic rings. The Labute approximate surface area is 529 Å². The van der Waals surface area contributed by atoms with Crippen molar-refractivity contribution in [2.24, 2.45) is 38.0 Å². The van der Waals surface area contributed by atoms with Gasteiger partial charge in [-0.2, -0.15) is 27.8 Å². The van der Waals surface area contributed by atoms with Gasteiger partial charge in [-0.1, -0.05) is 118 Å². The summed E-state index contributed by atoms with van der Waals surface area (Å²) in [5, 5.41) is 11.0. The normalized spacial score (nSPS) is 18.5. The molecule has 22 nitrogen and oxygen atoms in total. The SMILES string of the molecule is CC(C)(C)C[C@]1(c2ccc(-c3cnn(C(F)F)c3)cc2)N=C(N)N([C@H](COC(=O)NC2CC2)c2ccc(Cl)c(-c3cnc(CC(C)(C)C[C@]4(c5ccc(-c6cnn(C(F)F)c6)cc5)N=C(N)N([C@H](COC(N)=O)c5ccc(Cl)c(-c6cnc[nH]6)c5)C4=O)[nH]3)c2)C1=O. The average molecular weight is 1290 g/mol. The zero-order valence-electron chi connectivity index (χ0n) is 49.9. The number of hydrogen-bond donors (Lipinski definition) is 6. The number of ether oxygens (including phenoxy) is 2. The second-order valence-electron chi connectivity index (χ2n) is 24.8. The number of nitrogens with zero attached hydrogens (tertiary/aromatic N) is 10. The monoisotopic (exact) mass is 1290 g/mol. The summed E-state index contributed by atoms with van der Waals surface area (Å²) in [6, 6.07) is 21.4. The highest BCUT2D eigenvalue weighted by molar-refractivity contribution is 6.33. The predicted octanol–water partition coefficient (Wildman–Crippen LogP) is 11.6. The van der Waals surface area contributed by atoms with Crippen molar-refractivity contribution in [2.45, 2.75) is 109 Å². The average Bonchev–Trinajstić information content (AvgIpc) is 1.63. The van der Waals surface area contributed by atoms with E-state index in [1.54, 1.807) is 97.3 Å². The lowest BCUT2D eigenvalue weighted by atomic mass is 9.72. The zero-order valence-corrected chi connectivity index (χ0v) is 51.4. The summed E-state index contributed by atoms with van der Waals surface area (Å²) in [6.07, 6.45) is 9.88. The van der Waals surface area contributed by atoms with E-state index in [4.69, 9.17) is 64.8 Å². The van der Waals surface area contributed by atoms with Gasteiger partial charge in [-0.05, 0) is 94.2 Å². The molecule has 1 aliphatic carbocycles. The Kier molecular flexibility index (Phi) is 17.1.